The minimum absolute atomic E-state index is 0.0140. The van der Waals surface area contributed by atoms with Gasteiger partial charge in [-0.15, -0.1) is 0 Å². The number of carbonyl (C=O) groups excluding carboxylic acids is 1. The zero-order chi connectivity index (χ0) is 15.5. The van der Waals surface area contributed by atoms with Gasteiger partial charge in [-0.25, -0.2) is 0 Å². The molecule has 21 heavy (non-hydrogen) atoms. The first-order valence-electron chi connectivity index (χ1n) is 7.05. The zero-order valence-corrected chi connectivity index (χ0v) is 12.3. The normalized spacial score (nSPS) is 18.0. The maximum absolute atomic E-state index is 13.1. The van der Waals surface area contributed by atoms with Gasteiger partial charge >= 0.3 is 0 Å². The van der Waals surface area contributed by atoms with E-state index in [9.17, 15) is 4.79 Å². The smallest absolute Gasteiger partial charge is 0.176 e. The van der Waals surface area contributed by atoms with Crippen molar-refractivity contribution in [2.45, 2.75) is 45.1 Å². The lowest BCUT2D eigenvalue weighted by Crippen LogP contribution is -2.56. The quantitative estimate of drug-likeness (QED) is 0.845. The van der Waals surface area contributed by atoms with Crippen LogP contribution in [-0.2, 0) is 0 Å². The van der Waals surface area contributed by atoms with Crippen LogP contribution in [0, 0.1) is 28.1 Å². The minimum Gasteiger partial charge on any atom is -0.486 e. The molecule has 1 heterocycles. The number of para-hydroxylation sites is 1. The summed E-state index contributed by atoms with van der Waals surface area (Å²) in [4.78, 5) is 13.1. The molecule has 0 unspecified atom stereocenters. The topological polar surface area (TPSA) is 73.9 Å². The number of rotatable bonds is 4. The predicted octanol–water partition coefficient (Wildman–Crippen LogP) is 3.63. The Morgan fingerprint density at radius 1 is 1.10 bits per heavy atom. The van der Waals surface area contributed by atoms with Crippen molar-refractivity contribution in [3.05, 3.63) is 29.8 Å². The van der Waals surface area contributed by atoms with Crippen LogP contribution in [0.5, 0.6) is 5.75 Å². The number of ether oxygens (including phenoxy) is 1. The molecule has 0 atom stereocenters. The third-order valence-electron chi connectivity index (χ3n) is 4.41. The van der Waals surface area contributed by atoms with Gasteiger partial charge in [0.2, 0.25) is 0 Å². The number of hydrogen-bond donors (Lipinski definition) is 0. The fourth-order valence-corrected chi connectivity index (χ4v) is 3.14. The second kappa shape index (κ2) is 5.58. The van der Waals surface area contributed by atoms with Crippen LogP contribution in [0.3, 0.4) is 0 Å². The Bertz CT molecular complexity index is 617. The Kier molecular flexibility index (Phi) is 4.00. The Balaban J connectivity index is 2.54. The molecule has 1 aliphatic rings. The first-order chi connectivity index (χ1) is 9.98. The first kappa shape index (κ1) is 15.1. The SMILES string of the molecule is CC1(C)Oc2ccccc2C(=O)C1(CCC#N)CCC#N. The van der Waals surface area contributed by atoms with Crippen LogP contribution >= 0.6 is 0 Å². The fourth-order valence-electron chi connectivity index (χ4n) is 3.14. The van der Waals surface area contributed by atoms with E-state index < -0.39 is 11.0 Å². The highest BCUT2D eigenvalue weighted by atomic mass is 16.5. The molecular formula is C17H18N2O2. The highest BCUT2D eigenvalue weighted by Crippen LogP contribution is 2.50. The van der Waals surface area contributed by atoms with E-state index in [1.54, 1.807) is 18.2 Å². The average molecular weight is 282 g/mol. The van der Waals surface area contributed by atoms with E-state index in [1.165, 1.54) is 0 Å². The van der Waals surface area contributed by atoms with Crippen LogP contribution in [0.25, 0.3) is 0 Å². The molecule has 4 heteroatoms. The van der Waals surface area contributed by atoms with Crippen molar-refractivity contribution in [1.29, 1.82) is 10.5 Å². The Morgan fingerprint density at radius 3 is 2.24 bits per heavy atom. The summed E-state index contributed by atoms with van der Waals surface area (Å²) in [6.45, 7) is 3.74. The van der Waals surface area contributed by atoms with Gasteiger partial charge in [-0.1, -0.05) is 12.1 Å². The molecule has 0 fully saturated rings. The van der Waals surface area contributed by atoms with Crippen LogP contribution < -0.4 is 4.74 Å². The van der Waals surface area contributed by atoms with Gasteiger partial charge in [0.25, 0.3) is 0 Å². The summed E-state index contributed by atoms with van der Waals surface area (Å²) in [6.07, 6.45) is 1.36. The number of carbonyl (C=O) groups is 1. The molecule has 1 aromatic rings. The fraction of sp³-hybridized carbons (Fsp3) is 0.471. The molecule has 0 spiro atoms. The molecule has 0 bridgehead atoms. The lowest BCUT2D eigenvalue weighted by molar-refractivity contribution is -0.0365. The van der Waals surface area contributed by atoms with Crippen molar-refractivity contribution in [3.63, 3.8) is 0 Å². The molecular weight excluding hydrogens is 264 g/mol. The van der Waals surface area contributed by atoms with Crippen molar-refractivity contribution in [3.8, 4) is 17.9 Å². The molecule has 0 aromatic heterocycles. The highest BCUT2D eigenvalue weighted by molar-refractivity contribution is 6.04. The zero-order valence-electron chi connectivity index (χ0n) is 12.3. The standard InChI is InChI=1S/C17H18N2O2/c1-16(2)17(9-5-11-18,10-6-12-19)15(20)13-7-3-4-8-14(13)21-16/h3-4,7-8H,5-6,9-10H2,1-2H3. The predicted molar refractivity (Wildman–Crippen MR) is 77.6 cm³/mol. The van der Waals surface area contributed by atoms with Gasteiger partial charge in [-0.05, 0) is 38.8 Å². The number of Topliss-reactive ketones (excluding diaryl/α,β-unsaturated/α-hetero) is 1. The van der Waals surface area contributed by atoms with Crippen molar-refractivity contribution in [2.75, 3.05) is 0 Å². The van der Waals surface area contributed by atoms with E-state index in [0.29, 0.717) is 24.2 Å². The maximum Gasteiger partial charge on any atom is 0.176 e. The Hall–Kier alpha value is -2.33. The molecule has 2 rings (SSSR count). The van der Waals surface area contributed by atoms with E-state index in [4.69, 9.17) is 15.3 Å². The van der Waals surface area contributed by atoms with Crippen molar-refractivity contribution in [1.82, 2.24) is 0 Å². The van der Waals surface area contributed by atoms with Crippen molar-refractivity contribution in [2.24, 2.45) is 5.41 Å². The lowest BCUT2D eigenvalue weighted by atomic mass is 9.62. The minimum atomic E-state index is -0.827. The number of nitrogens with zero attached hydrogens (tertiary/aromatic N) is 2. The molecule has 108 valence electrons. The summed E-state index contributed by atoms with van der Waals surface area (Å²) in [5.74, 6) is 0.567. The summed E-state index contributed by atoms with van der Waals surface area (Å²) in [7, 11) is 0. The summed E-state index contributed by atoms with van der Waals surface area (Å²) < 4.78 is 6.06. The monoisotopic (exact) mass is 282 g/mol. The summed E-state index contributed by atoms with van der Waals surface area (Å²) in [6, 6.07) is 11.4. The molecule has 1 aromatic carbocycles. The number of ketones is 1. The number of hydrogen-bond acceptors (Lipinski definition) is 4. The molecule has 0 amide bonds. The van der Waals surface area contributed by atoms with Gasteiger partial charge in [-0.2, -0.15) is 10.5 Å². The van der Waals surface area contributed by atoms with Gasteiger partial charge in [0, 0.05) is 12.8 Å². The van der Waals surface area contributed by atoms with Crippen LogP contribution in [0.4, 0.5) is 0 Å². The molecule has 0 saturated heterocycles. The lowest BCUT2D eigenvalue weighted by Gasteiger charge is -2.48. The van der Waals surface area contributed by atoms with Crippen LogP contribution in [0.1, 0.15) is 49.9 Å². The van der Waals surface area contributed by atoms with E-state index >= 15 is 0 Å². The second-order valence-corrected chi connectivity index (χ2v) is 5.84. The van der Waals surface area contributed by atoms with Gasteiger partial charge in [0.05, 0.1) is 23.1 Å². The second-order valence-electron chi connectivity index (χ2n) is 5.84. The van der Waals surface area contributed by atoms with Crippen LogP contribution in [-0.4, -0.2) is 11.4 Å². The highest BCUT2D eigenvalue weighted by Gasteiger charge is 2.55. The van der Waals surface area contributed by atoms with Crippen molar-refractivity contribution >= 4 is 5.78 Å². The number of fused-ring (bicyclic) bond motifs is 1. The molecule has 0 radical (unpaired) electrons. The number of benzene rings is 1. The summed E-state index contributed by atoms with van der Waals surface area (Å²) in [5.41, 5.74) is -1.02. The molecule has 0 aliphatic carbocycles. The Morgan fingerprint density at radius 2 is 1.67 bits per heavy atom. The third-order valence-corrected chi connectivity index (χ3v) is 4.41. The van der Waals surface area contributed by atoms with E-state index in [2.05, 4.69) is 12.1 Å². The Labute approximate surface area is 125 Å². The van der Waals surface area contributed by atoms with Gasteiger partial charge < -0.3 is 4.74 Å². The third kappa shape index (κ3) is 2.38. The molecule has 1 aliphatic heterocycles. The van der Waals surface area contributed by atoms with Crippen LogP contribution in [0.2, 0.25) is 0 Å². The van der Waals surface area contributed by atoms with Gasteiger partial charge in [0.1, 0.15) is 11.4 Å². The molecule has 0 N–H and O–H groups in total. The van der Waals surface area contributed by atoms with Crippen molar-refractivity contribution < 1.29 is 9.53 Å². The van der Waals surface area contributed by atoms with E-state index in [0.717, 1.165) is 0 Å². The number of nitriles is 2. The van der Waals surface area contributed by atoms with Gasteiger partial charge in [0.15, 0.2) is 5.78 Å². The summed E-state index contributed by atoms with van der Waals surface area (Å²) >= 11 is 0. The van der Waals surface area contributed by atoms with Crippen LogP contribution in [0.15, 0.2) is 24.3 Å². The van der Waals surface area contributed by atoms with E-state index in [1.807, 2.05) is 19.9 Å². The van der Waals surface area contributed by atoms with E-state index in [-0.39, 0.29) is 18.6 Å². The van der Waals surface area contributed by atoms with Gasteiger partial charge in [-0.3, -0.25) is 4.79 Å². The largest absolute Gasteiger partial charge is 0.486 e. The average Bonchev–Trinajstić information content (AvgIpc) is 2.46. The first-order valence-corrected chi connectivity index (χ1v) is 7.05. The summed E-state index contributed by atoms with van der Waals surface area (Å²) in [5, 5.41) is 17.8. The molecule has 0 saturated carbocycles. The molecule has 4 nitrogen and oxygen atoms in total. The maximum atomic E-state index is 13.1.